The number of nitriles is 1. The monoisotopic (exact) mass is 160 g/mol. The van der Waals surface area contributed by atoms with Crippen LogP contribution >= 0.6 is 0 Å². The molecule has 1 fully saturated rings. The average Bonchev–Trinajstić information content (AvgIpc) is 2.08. The lowest BCUT2D eigenvalue weighted by atomic mass is 9.89. The molecule has 3 heteroatoms. The van der Waals surface area contributed by atoms with Gasteiger partial charge in [-0.3, -0.25) is 0 Å². The largest absolute Gasteiger partial charge is 0.428 e. The normalized spacial score (nSPS) is 23.8. The number of hydrogen-bond donors (Lipinski definition) is 0. The summed E-state index contributed by atoms with van der Waals surface area (Å²) in [6, 6.07) is 2.15. The van der Waals surface area contributed by atoms with Gasteiger partial charge in [0, 0.05) is 13.0 Å². The van der Waals surface area contributed by atoms with Gasteiger partial charge < -0.3 is 4.81 Å². The first-order valence-corrected chi connectivity index (χ1v) is 4.33. The van der Waals surface area contributed by atoms with E-state index in [-0.39, 0.29) is 0 Å². The van der Waals surface area contributed by atoms with Crippen LogP contribution in [0.1, 0.15) is 25.7 Å². The summed E-state index contributed by atoms with van der Waals surface area (Å²) >= 11 is 0. The molecule has 1 atom stereocenters. The summed E-state index contributed by atoms with van der Waals surface area (Å²) in [5.41, 5.74) is 0.997. The van der Waals surface area contributed by atoms with Crippen LogP contribution in [0.25, 0.3) is 0 Å². The van der Waals surface area contributed by atoms with E-state index in [0.717, 1.165) is 31.5 Å². The van der Waals surface area contributed by atoms with Gasteiger partial charge in [-0.15, -0.1) is 0 Å². The summed E-state index contributed by atoms with van der Waals surface area (Å²) < 4.78 is 0. The van der Waals surface area contributed by atoms with E-state index in [4.69, 9.17) is 13.2 Å². The van der Waals surface area contributed by atoms with E-state index >= 15 is 0 Å². The Bertz CT molecular complexity index is 207. The molecule has 1 aliphatic heterocycles. The fourth-order valence-corrected chi connectivity index (χ4v) is 1.60. The van der Waals surface area contributed by atoms with Crippen molar-refractivity contribution in [2.75, 3.05) is 6.54 Å². The van der Waals surface area contributed by atoms with Crippen LogP contribution in [0, 0.1) is 17.2 Å². The van der Waals surface area contributed by atoms with E-state index in [0.29, 0.717) is 12.3 Å². The minimum absolute atomic E-state index is 0.434. The van der Waals surface area contributed by atoms with Crippen molar-refractivity contribution in [1.82, 2.24) is 4.81 Å². The third-order valence-electron chi connectivity index (χ3n) is 2.40. The highest BCUT2D eigenvalue weighted by Crippen LogP contribution is 2.27. The zero-order chi connectivity index (χ0) is 8.97. The van der Waals surface area contributed by atoms with E-state index in [2.05, 4.69) is 12.6 Å². The first kappa shape index (κ1) is 9.19. The Morgan fingerprint density at radius 3 is 3.17 bits per heavy atom. The first-order valence-electron chi connectivity index (χ1n) is 4.33. The van der Waals surface area contributed by atoms with Crippen LogP contribution < -0.4 is 0 Å². The number of rotatable bonds is 2. The van der Waals surface area contributed by atoms with E-state index in [9.17, 15) is 0 Å². The molecule has 12 heavy (non-hydrogen) atoms. The molecular formula is C9H13BN2. The first-order chi connectivity index (χ1) is 5.75. The predicted molar refractivity (Wildman–Crippen MR) is 49.2 cm³/mol. The Hall–Kier alpha value is -0.905. The van der Waals surface area contributed by atoms with Gasteiger partial charge in [-0.2, -0.15) is 5.26 Å². The number of piperidine rings is 1. The molecule has 1 aliphatic rings. The van der Waals surface area contributed by atoms with Crippen molar-refractivity contribution in [2.45, 2.75) is 25.7 Å². The fraction of sp³-hybridized carbons (Fsp3) is 0.667. The Balaban J connectivity index is 2.42. The van der Waals surface area contributed by atoms with Gasteiger partial charge in [-0.25, -0.2) is 0 Å². The second kappa shape index (κ2) is 4.20. The number of hydrogen-bond acceptors (Lipinski definition) is 2. The van der Waals surface area contributed by atoms with Crippen molar-refractivity contribution in [1.29, 1.82) is 5.26 Å². The Morgan fingerprint density at radius 2 is 2.50 bits per heavy atom. The summed E-state index contributed by atoms with van der Waals surface area (Å²) in [7, 11) is 5.69. The van der Waals surface area contributed by atoms with Crippen LogP contribution in [0.5, 0.6) is 0 Å². The molecule has 0 bridgehead atoms. The molecule has 1 saturated heterocycles. The van der Waals surface area contributed by atoms with Crippen LogP contribution in [0.4, 0.5) is 0 Å². The van der Waals surface area contributed by atoms with Gasteiger partial charge in [0.2, 0.25) is 7.98 Å². The number of allylic oxidation sites excluding steroid dienone is 1. The maximum Gasteiger partial charge on any atom is 0.226 e. The molecule has 62 valence electrons. The summed E-state index contributed by atoms with van der Waals surface area (Å²) in [6.45, 7) is 4.83. The van der Waals surface area contributed by atoms with Crippen LogP contribution in [0.3, 0.4) is 0 Å². The molecule has 0 aromatic heterocycles. The molecular weight excluding hydrogens is 147 g/mol. The molecule has 0 aliphatic carbocycles. The van der Waals surface area contributed by atoms with Crippen molar-refractivity contribution >= 4 is 7.98 Å². The molecule has 2 nitrogen and oxygen atoms in total. The van der Waals surface area contributed by atoms with Crippen molar-refractivity contribution < 1.29 is 0 Å². The highest BCUT2D eigenvalue weighted by Gasteiger charge is 2.19. The molecule has 0 amide bonds. The molecule has 1 heterocycles. The zero-order valence-corrected chi connectivity index (χ0v) is 7.29. The lowest BCUT2D eigenvalue weighted by Gasteiger charge is -2.34. The van der Waals surface area contributed by atoms with Gasteiger partial charge >= 0.3 is 0 Å². The Labute approximate surface area is 75.3 Å². The van der Waals surface area contributed by atoms with E-state index in [1.807, 2.05) is 0 Å². The van der Waals surface area contributed by atoms with Crippen molar-refractivity contribution in [3.63, 3.8) is 0 Å². The fourth-order valence-electron chi connectivity index (χ4n) is 1.60. The molecule has 0 saturated carbocycles. The summed E-state index contributed by atoms with van der Waals surface area (Å²) in [5, 5.41) is 8.42. The molecule has 2 radical (unpaired) electrons. The van der Waals surface area contributed by atoms with Crippen molar-refractivity contribution in [3.8, 4) is 6.07 Å². The van der Waals surface area contributed by atoms with Crippen LogP contribution in [-0.4, -0.2) is 19.3 Å². The molecule has 1 rings (SSSR count). The minimum atomic E-state index is 0.434. The maximum atomic E-state index is 8.42. The van der Waals surface area contributed by atoms with E-state index in [1.54, 1.807) is 4.81 Å². The average molecular weight is 160 g/mol. The lowest BCUT2D eigenvalue weighted by molar-refractivity contribution is 0.338. The van der Waals surface area contributed by atoms with Crippen LogP contribution in [0.2, 0.25) is 0 Å². The van der Waals surface area contributed by atoms with Crippen molar-refractivity contribution in [2.24, 2.45) is 5.92 Å². The molecule has 0 aromatic carbocycles. The smallest absolute Gasteiger partial charge is 0.226 e. The molecule has 1 unspecified atom stereocenters. The zero-order valence-electron chi connectivity index (χ0n) is 7.29. The van der Waals surface area contributed by atoms with Gasteiger partial charge in [0.15, 0.2) is 0 Å². The Morgan fingerprint density at radius 1 is 1.75 bits per heavy atom. The Kier molecular flexibility index (Phi) is 3.22. The third-order valence-corrected chi connectivity index (χ3v) is 2.40. The van der Waals surface area contributed by atoms with Gasteiger partial charge in [-0.1, -0.05) is 6.58 Å². The minimum Gasteiger partial charge on any atom is -0.428 e. The lowest BCUT2D eigenvalue weighted by Crippen LogP contribution is -2.30. The second-order valence-electron chi connectivity index (χ2n) is 3.22. The van der Waals surface area contributed by atoms with Gasteiger partial charge in [-0.05, 0) is 30.9 Å². The molecule has 0 aromatic rings. The van der Waals surface area contributed by atoms with Gasteiger partial charge in [0.1, 0.15) is 0 Å². The quantitative estimate of drug-likeness (QED) is 0.573. The standard InChI is InChI=1S/C9H13BN2/c1-8-9(4-2-6-11)5-3-7-12(8)10/h9H,1-5,7H2. The number of nitrogens with zero attached hydrogens (tertiary/aromatic N) is 2. The summed E-state index contributed by atoms with van der Waals surface area (Å²) in [5.74, 6) is 0.434. The van der Waals surface area contributed by atoms with Gasteiger partial charge in [0.05, 0.1) is 6.07 Å². The van der Waals surface area contributed by atoms with Crippen molar-refractivity contribution in [3.05, 3.63) is 12.3 Å². The van der Waals surface area contributed by atoms with Crippen LogP contribution in [-0.2, 0) is 0 Å². The predicted octanol–water partition coefficient (Wildman–Crippen LogP) is 1.60. The van der Waals surface area contributed by atoms with E-state index < -0.39 is 0 Å². The van der Waals surface area contributed by atoms with E-state index in [1.165, 1.54) is 0 Å². The molecule has 0 spiro atoms. The summed E-state index contributed by atoms with van der Waals surface area (Å²) in [4.78, 5) is 1.71. The third kappa shape index (κ3) is 2.04. The highest BCUT2D eigenvalue weighted by molar-refractivity contribution is 6.05. The van der Waals surface area contributed by atoms with Crippen LogP contribution in [0.15, 0.2) is 12.3 Å². The second-order valence-corrected chi connectivity index (χ2v) is 3.22. The maximum absolute atomic E-state index is 8.42. The highest BCUT2D eigenvalue weighted by atomic mass is 15.0. The summed E-state index contributed by atoms with van der Waals surface area (Å²) in [6.07, 6.45) is 3.76. The van der Waals surface area contributed by atoms with Gasteiger partial charge in [0.25, 0.3) is 0 Å². The topological polar surface area (TPSA) is 27.0 Å². The SMILES string of the molecule is [B]N1CCCC(CCC#N)C1=C. The molecule has 0 N–H and O–H groups in total.